The molecule has 192 valence electrons. The maximum absolute atomic E-state index is 13.6. The van der Waals surface area contributed by atoms with Gasteiger partial charge in [0.2, 0.25) is 0 Å². The molecule has 0 fully saturated rings. The molecule has 2 heterocycles. The van der Waals surface area contributed by atoms with Crippen LogP contribution in [0.4, 0.5) is 0 Å². The van der Waals surface area contributed by atoms with Gasteiger partial charge < -0.3 is 24.7 Å². The van der Waals surface area contributed by atoms with Gasteiger partial charge in [-0.25, -0.2) is 9.59 Å². The Kier molecular flexibility index (Phi) is 7.49. The first kappa shape index (κ1) is 25.8. The Labute approximate surface area is 216 Å². The van der Waals surface area contributed by atoms with E-state index in [9.17, 15) is 14.4 Å². The SMILES string of the molecule is CCOC(=O)C1=c2s/c(=C\c3ccccc3OC)c(=O)n2C(N)=C(C(=O)OC)C1c1ccccc1OC. The molecule has 0 bridgehead atoms. The van der Waals surface area contributed by atoms with E-state index in [1.807, 2.05) is 12.1 Å². The van der Waals surface area contributed by atoms with Gasteiger partial charge in [0.05, 0.1) is 49.5 Å². The van der Waals surface area contributed by atoms with Gasteiger partial charge in [-0.1, -0.05) is 36.4 Å². The third-order valence-electron chi connectivity index (χ3n) is 5.92. The first-order chi connectivity index (χ1) is 17.9. The van der Waals surface area contributed by atoms with Gasteiger partial charge in [0, 0.05) is 11.1 Å². The van der Waals surface area contributed by atoms with E-state index < -0.39 is 23.4 Å². The first-order valence-electron chi connectivity index (χ1n) is 11.4. The fourth-order valence-electron chi connectivity index (χ4n) is 4.31. The largest absolute Gasteiger partial charge is 0.496 e. The van der Waals surface area contributed by atoms with Crippen LogP contribution >= 0.6 is 11.3 Å². The van der Waals surface area contributed by atoms with Crippen LogP contribution in [0.2, 0.25) is 0 Å². The number of carbonyl (C=O) groups is 2. The number of nitrogens with two attached hydrogens (primary N) is 1. The van der Waals surface area contributed by atoms with Gasteiger partial charge in [-0.3, -0.25) is 9.36 Å². The quantitative estimate of drug-likeness (QED) is 0.465. The highest BCUT2D eigenvalue weighted by atomic mass is 32.1. The summed E-state index contributed by atoms with van der Waals surface area (Å²) < 4.78 is 23.1. The summed E-state index contributed by atoms with van der Waals surface area (Å²) in [5.74, 6) is -1.61. The minimum atomic E-state index is -1.00. The van der Waals surface area contributed by atoms with Crippen molar-refractivity contribution in [2.75, 3.05) is 27.9 Å². The number of aromatic nitrogens is 1. The fraction of sp³-hybridized carbons (Fsp3) is 0.222. The molecule has 1 aliphatic rings. The molecule has 1 atom stereocenters. The van der Waals surface area contributed by atoms with Gasteiger partial charge in [-0.2, -0.15) is 0 Å². The second-order valence-electron chi connectivity index (χ2n) is 7.90. The van der Waals surface area contributed by atoms with Crippen LogP contribution in [0.1, 0.15) is 24.0 Å². The number of hydrogen-bond acceptors (Lipinski definition) is 9. The minimum Gasteiger partial charge on any atom is -0.496 e. The Hall–Kier alpha value is -4.31. The van der Waals surface area contributed by atoms with Crippen LogP contribution in [-0.2, 0) is 19.1 Å². The zero-order valence-electron chi connectivity index (χ0n) is 20.8. The molecule has 1 aromatic heterocycles. The topological polar surface area (TPSA) is 119 Å². The maximum atomic E-state index is 13.6. The normalized spacial score (nSPS) is 15.3. The standard InChI is InChI=1S/C27H26N2O7S/c1-5-36-27(32)22-20(16-11-7-9-13-18(16)34-3)21(26(31)35-4)23(28)29-24(30)19(37-25(22)29)14-15-10-6-8-12-17(15)33-2/h6-14,20H,5,28H2,1-4H3/b19-14-. The van der Waals surface area contributed by atoms with Crippen LogP contribution in [0.3, 0.4) is 0 Å². The lowest BCUT2D eigenvalue weighted by Gasteiger charge is -2.27. The number of para-hydroxylation sites is 2. The Balaban J connectivity index is 2.16. The predicted octanol–water partition coefficient (Wildman–Crippen LogP) is 1.57. The van der Waals surface area contributed by atoms with E-state index in [-0.39, 0.29) is 32.8 Å². The highest BCUT2D eigenvalue weighted by Crippen LogP contribution is 2.41. The van der Waals surface area contributed by atoms with Crippen molar-refractivity contribution in [1.82, 2.24) is 4.57 Å². The van der Waals surface area contributed by atoms with E-state index in [1.165, 1.54) is 21.3 Å². The van der Waals surface area contributed by atoms with Crippen molar-refractivity contribution in [3.05, 3.63) is 84.8 Å². The zero-order chi connectivity index (χ0) is 26.7. The first-order valence-corrected chi connectivity index (χ1v) is 12.2. The number of benzene rings is 2. The lowest BCUT2D eigenvalue weighted by molar-refractivity contribution is -0.136. The molecule has 1 unspecified atom stereocenters. The van der Waals surface area contributed by atoms with Crippen molar-refractivity contribution < 1.29 is 28.5 Å². The van der Waals surface area contributed by atoms with Crippen LogP contribution in [0, 0.1) is 0 Å². The Bertz CT molecular complexity index is 1580. The van der Waals surface area contributed by atoms with Crippen molar-refractivity contribution in [2.24, 2.45) is 5.73 Å². The van der Waals surface area contributed by atoms with Gasteiger partial charge >= 0.3 is 11.9 Å². The highest BCUT2D eigenvalue weighted by molar-refractivity contribution is 7.07. The predicted molar refractivity (Wildman–Crippen MR) is 140 cm³/mol. The summed E-state index contributed by atoms with van der Waals surface area (Å²) in [6, 6.07) is 14.2. The Morgan fingerprint density at radius 1 is 0.973 bits per heavy atom. The molecule has 1 aliphatic heterocycles. The number of fused-ring (bicyclic) bond motifs is 1. The van der Waals surface area contributed by atoms with E-state index >= 15 is 0 Å². The third-order valence-corrected chi connectivity index (χ3v) is 7.03. The molecule has 0 spiro atoms. The van der Waals surface area contributed by atoms with Crippen molar-refractivity contribution in [3.63, 3.8) is 0 Å². The molecule has 0 saturated carbocycles. The molecule has 10 heteroatoms. The van der Waals surface area contributed by atoms with Gasteiger partial charge in [-0.15, -0.1) is 11.3 Å². The van der Waals surface area contributed by atoms with Gasteiger partial charge in [0.1, 0.15) is 22.0 Å². The average Bonchev–Trinajstić information content (AvgIpc) is 3.23. The average molecular weight is 523 g/mol. The molecule has 0 saturated heterocycles. The lowest BCUT2D eigenvalue weighted by atomic mass is 9.82. The Morgan fingerprint density at radius 3 is 2.27 bits per heavy atom. The van der Waals surface area contributed by atoms with Crippen LogP contribution < -0.4 is 30.0 Å². The summed E-state index contributed by atoms with van der Waals surface area (Å²) in [5.41, 5.74) is 7.18. The van der Waals surface area contributed by atoms with Crippen LogP contribution in [0.15, 0.2) is 58.9 Å². The number of hydrogen-bond donors (Lipinski definition) is 1. The molecular formula is C27H26N2O7S. The van der Waals surface area contributed by atoms with E-state index in [0.29, 0.717) is 22.6 Å². The van der Waals surface area contributed by atoms with Crippen LogP contribution in [-0.4, -0.2) is 44.4 Å². The molecule has 0 amide bonds. The molecule has 0 radical (unpaired) electrons. The number of nitrogens with zero attached hydrogens (tertiary/aromatic N) is 1. The number of carbonyl (C=O) groups excluding carboxylic acids is 2. The van der Waals surface area contributed by atoms with Crippen molar-refractivity contribution >= 4 is 40.7 Å². The molecule has 3 aromatic rings. The van der Waals surface area contributed by atoms with Gasteiger partial charge in [0.15, 0.2) is 0 Å². The second kappa shape index (κ2) is 10.8. The van der Waals surface area contributed by atoms with Crippen LogP contribution in [0.5, 0.6) is 11.5 Å². The molecule has 0 aliphatic carbocycles. The number of ether oxygens (including phenoxy) is 4. The van der Waals surface area contributed by atoms with Gasteiger partial charge in [0.25, 0.3) is 5.56 Å². The van der Waals surface area contributed by atoms with E-state index in [0.717, 1.165) is 15.9 Å². The van der Waals surface area contributed by atoms with Crippen molar-refractivity contribution in [2.45, 2.75) is 12.8 Å². The summed E-state index contributed by atoms with van der Waals surface area (Å²) in [6.45, 7) is 1.76. The molecule has 4 rings (SSSR count). The molecule has 9 nitrogen and oxygen atoms in total. The maximum Gasteiger partial charge on any atom is 0.338 e. The summed E-state index contributed by atoms with van der Waals surface area (Å²) in [5, 5.41) is 0. The molecule has 2 N–H and O–H groups in total. The number of methoxy groups -OCH3 is 3. The lowest BCUT2D eigenvalue weighted by Crippen LogP contribution is -2.41. The molecule has 37 heavy (non-hydrogen) atoms. The van der Waals surface area contributed by atoms with Crippen molar-refractivity contribution in [3.8, 4) is 11.5 Å². The molecule has 2 aromatic carbocycles. The minimum absolute atomic E-state index is 0.0636. The Morgan fingerprint density at radius 2 is 1.62 bits per heavy atom. The monoisotopic (exact) mass is 522 g/mol. The third kappa shape index (κ3) is 4.51. The van der Waals surface area contributed by atoms with E-state index in [1.54, 1.807) is 49.4 Å². The highest BCUT2D eigenvalue weighted by Gasteiger charge is 2.41. The summed E-state index contributed by atoms with van der Waals surface area (Å²) in [7, 11) is 4.23. The number of thiazole rings is 1. The number of rotatable bonds is 7. The summed E-state index contributed by atoms with van der Waals surface area (Å²) in [4.78, 5) is 40.1. The summed E-state index contributed by atoms with van der Waals surface area (Å²) >= 11 is 1.07. The fourth-order valence-corrected chi connectivity index (χ4v) is 5.46. The molecular weight excluding hydrogens is 496 g/mol. The zero-order valence-corrected chi connectivity index (χ0v) is 21.6. The van der Waals surface area contributed by atoms with Gasteiger partial charge in [-0.05, 0) is 25.1 Å². The summed E-state index contributed by atoms with van der Waals surface area (Å²) in [6.07, 6.45) is 1.66. The van der Waals surface area contributed by atoms with E-state index in [4.69, 9.17) is 24.7 Å². The smallest absolute Gasteiger partial charge is 0.338 e. The van der Waals surface area contributed by atoms with Crippen LogP contribution in [0.25, 0.3) is 17.5 Å². The second-order valence-corrected chi connectivity index (χ2v) is 8.93. The van der Waals surface area contributed by atoms with E-state index in [2.05, 4.69) is 0 Å². The number of esters is 2. The van der Waals surface area contributed by atoms with Crippen molar-refractivity contribution in [1.29, 1.82) is 0 Å².